The lowest BCUT2D eigenvalue weighted by atomic mass is 9.89. The molecule has 1 aliphatic carbocycles. The number of phenols is 2. The zero-order valence-electron chi connectivity index (χ0n) is 27.7. The standard InChI is InChI=1S/C36H28ClN2O14P/c37-27-16-25-19(13-33(44)53-31(25)17-28(27)42)12-32(43)38-7-9-50-54(48,49)51-10-8-39-35(45)18-1-4-22(36(46)47)26(11-18)34-23-5-2-20(40)14-29(23)52-30-15-21(41)3-6-24(30)34/h1-6,11,13-17,40,42H,7-10,12H2,(H,38,43)(H,39,45)(H,46,47)(H,48,49). The summed E-state index contributed by atoms with van der Waals surface area (Å²) in [5.74, 6) is -2.85. The first-order chi connectivity index (χ1) is 25.7. The predicted molar refractivity (Wildman–Crippen MR) is 193 cm³/mol. The maximum Gasteiger partial charge on any atom is 0.472 e. The van der Waals surface area contributed by atoms with Gasteiger partial charge in [0.15, 0.2) is 5.43 Å². The molecule has 0 saturated heterocycles. The van der Waals surface area contributed by atoms with Gasteiger partial charge in [-0.05, 0) is 59.7 Å². The largest absolute Gasteiger partial charge is 0.508 e. The number of aromatic hydroxyl groups is 2. The Kier molecular flexibility index (Phi) is 10.8. The Labute approximate surface area is 308 Å². The average Bonchev–Trinajstić information content (AvgIpc) is 3.11. The van der Waals surface area contributed by atoms with Crippen molar-refractivity contribution >= 4 is 59.1 Å². The quantitative estimate of drug-likeness (QED) is 0.0404. The van der Waals surface area contributed by atoms with E-state index in [0.29, 0.717) is 21.9 Å². The molecule has 54 heavy (non-hydrogen) atoms. The molecule has 6 N–H and O–H groups in total. The summed E-state index contributed by atoms with van der Waals surface area (Å²) in [5, 5.41) is 35.6. The van der Waals surface area contributed by atoms with Crippen LogP contribution in [0.15, 0.2) is 91.2 Å². The Hall–Kier alpha value is -6.03. The maximum absolute atomic E-state index is 13.1. The molecule has 1 atom stereocenters. The van der Waals surface area contributed by atoms with Crippen LogP contribution in [-0.4, -0.2) is 64.3 Å². The molecule has 2 amide bonds. The molecule has 16 nitrogen and oxygen atoms in total. The average molecular weight is 779 g/mol. The number of nitrogens with one attached hydrogen (secondary N) is 2. The van der Waals surface area contributed by atoms with E-state index in [0.717, 1.165) is 12.1 Å². The van der Waals surface area contributed by atoms with Crippen molar-refractivity contribution in [3.05, 3.63) is 115 Å². The van der Waals surface area contributed by atoms with Crippen LogP contribution in [0.1, 0.15) is 26.3 Å². The third-order valence-electron chi connectivity index (χ3n) is 8.03. The van der Waals surface area contributed by atoms with E-state index in [1.807, 2.05) is 0 Å². The van der Waals surface area contributed by atoms with Gasteiger partial charge in [0.25, 0.3) is 5.91 Å². The normalized spacial score (nSPS) is 12.5. The Balaban J connectivity index is 1.05. The van der Waals surface area contributed by atoms with Gasteiger partial charge in [-0.25, -0.2) is 14.2 Å². The van der Waals surface area contributed by atoms with Crippen molar-refractivity contribution in [3.8, 4) is 33.9 Å². The second kappa shape index (κ2) is 15.5. The van der Waals surface area contributed by atoms with Crippen LogP contribution in [0.3, 0.4) is 0 Å². The summed E-state index contributed by atoms with van der Waals surface area (Å²) in [4.78, 5) is 72.0. The first kappa shape index (κ1) is 37.7. The minimum Gasteiger partial charge on any atom is -0.508 e. The van der Waals surface area contributed by atoms with E-state index in [-0.39, 0.29) is 80.6 Å². The number of fused-ring (bicyclic) bond motifs is 3. The van der Waals surface area contributed by atoms with E-state index in [9.17, 15) is 48.8 Å². The number of carboxylic acid groups (broad SMARTS) is 1. The molecule has 18 heteroatoms. The number of hydrogen-bond acceptors (Lipinski definition) is 12. The van der Waals surface area contributed by atoms with Crippen molar-refractivity contribution in [2.45, 2.75) is 6.42 Å². The lowest BCUT2D eigenvalue weighted by Gasteiger charge is -2.17. The number of rotatable bonds is 13. The molecule has 1 aliphatic heterocycles. The highest BCUT2D eigenvalue weighted by Gasteiger charge is 2.24. The van der Waals surface area contributed by atoms with E-state index < -0.39 is 44.4 Å². The molecule has 2 aliphatic rings. The minimum atomic E-state index is -4.63. The third kappa shape index (κ3) is 8.44. The fourth-order valence-electron chi connectivity index (χ4n) is 5.66. The third-order valence-corrected chi connectivity index (χ3v) is 9.35. The molecular formula is C36H28ClN2O14P. The number of phenolic OH excluding ortho intramolecular Hbond substituents is 2. The van der Waals surface area contributed by atoms with Crippen LogP contribution in [0.4, 0.5) is 0 Å². The summed E-state index contributed by atoms with van der Waals surface area (Å²) in [5.41, 5.74) is 0.0481. The maximum atomic E-state index is 13.1. The lowest BCUT2D eigenvalue weighted by molar-refractivity contribution is -0.120. The van der Waals surface area contributed by atoms with Crippen LogP contribution in [-0.2, 0) is 24.8 Å². The summed E-state index contributed by atoms with van der Waals surface area (Å²) >= 11 is 5.95. The smallest absolute Gasteiger partial charge is 0.472 e. The fraction of sp³-hybridized carbons (Fsp3) is 0.139. The molecule has 0 bridgehead atoms. The van der Waals surface area contributed by atoms with E-state index in [4.69, 9.17) is 29.5 Å². The molecule has 0 saturated carbocycles. The highest BCUT2D eigenvalue weighted by Crippen LogP contribution is 2.43. The van der Waals surface area contributed by atoms with Crippen LogP contribution in [0.2, 0.25) is 5.02 Å². The number of aromatic carboxylic acids is 1. The van der Waals surface area contributed by atoms with Gasteiger partial charge in [0.1, 0.15) is 28.4 Å². The van der Waals surface area contributed by atoms with Crippen molar-refractivity contribution in [3.63, 3.8) is 0 Å². The summed E-state index contributed by atoms with van der Waals surface area (Å²) in [7, 11) is -4.63. The SMILES string of the molecule is O=C(Cc1cc(=O)oc2cc(O)c(Cl)cc12)NCCOP(=O)(O)OCCNC(=O)c1ccc(C(=O)O)c(-c2c3ccc(=O)cc-3oc3cc(O)ccc23)c1. The van der Waals surface area contributed by atoms with Gasteiger partial charge < -0.3 is 39.7 Å². The van der Waals surface area contributed by atoms with Crippen LogP contribution >= 0.6 is 19.4 Å². The van der Waals surface area contributed by atoms with Gasteiger partial charge in [-0.15, -0.1) is 0 Å². The molecule has 4 aromatic rings. The Morgan fingerprint density at radius 2 is 1.52 bits per heavy atom. The zero-order chi connectivity index (χ0) is 38.7. The molecule has 2 heterocycles. The fourth-order valence-corrected chi connectivity index (χ4v) is 6.54. The second-order valence-corrected chi connectivity index (χ2v) is 13.5. The summed E-state index contributed by atoms with van der Waals surface area (Å²) in [6.45, 7) is -1.38. The van der Waals surface area contributed by atoms with E-state index in [2.05, 4.69) is 10.6 Å². The number of carbonyl (C=O) groups excluding carboxylic acids is 2. The number of hydrogen-bond donors (Lipinski definition) is 6. The number of phosphoric acid groups is 1. The van der Waals surface area contributed by atoms with Crippen molar-refractivity contribution < 1.29 is 57.0 Å². The van der Waals surface area contributed by atoms with E-state index in [1.165, 1.54) is 60.7 Å². The van der Waals surface area contributed by atoms with Gasteiger partial charge in [0.2, 0.25) is 5.91 Å². The number of carbonyl (C=O) groups is 3. The van der Waals surface area contributed by atoms with Crippen molar-refractivity contribution in [1.29, 1.82) is 0 Å². The van der Waals surface area contributed by atoms with Crippen LogP contribution in [0.25, 0.3) is 44.4 Å². The van der Waals surface area contributed by atoms with E-state index in [1.54, 1.807) is 0 Å². The van der Waals surface area contributed by atoms with Crippen molar-refractivity contribution in [1.82, 2.24) is 10.6 Å². The first-order valence-corrected chi connectivity index (χ1v) is 17.8. The molecule has 1 aromatic heterocycles. The topological polar surface area (TPSA) is 252 Å². The molecule has 278 valence electrons. The number of benzene rings is 4. The minimum absolute atomic E-state index is 0.0135. The Bertz CT molecular complexity index is 2600. The van der Waals surface area contributed by atoms with Crippen LogP contribution in [0.5, 0.6) is 11.5 Å². The van der Waals surface area contributed by atoms with Gasteiger partial charge >= 0.3 is 19.4 Å². The second-order valence-electron chi connectivity index (χ2n) is 11.7. The van der Waals surface area contributed by atoms with Crippen molar-refractivity contribution in [2.75, 3.05) is 26.3 Å². The Morgan fingerprint density at radius 3 is 2.26 bits per heavy atom. The molecular weight excluding hydrogens is 751 g/mol. The van der Waals surface area contributed by atoms with Crippen molar-refractivity contribution in [2.24, 2.45) is 0 Å². The molecule has 1 unspecified atom stereocenters. The van der Waals surface area contributed by atoms with Gasteiger partial charge in [0, 0.05) is 64.8 Å². The van der Waals surface area contributed by atoms with Crippen LogP contribution < -0.4 is 21.7 Å². The predicted octanol–water partition coefficient (Wildman–Crippen LogP) is 4.66. The number of halogens is 1. The van der Waals surface area contributed by atoms with Gasteiger partial charge in [-0.1, -0.05) is 11.6 Å². The summed E-state index contributed by atoms with van der Waals surface area (Å²) in [6, 6.07) is 15.7. The zero-order valence-corrected chi connectivity index (χ0v) is 29.3. The number of phosphoric ester groups is 1. The summed E-state index contributed by atoms with van der Waals surface area (Å²) < 4.78 is 33.0. The van der Waals surface area contributed by atoms with Crippen LogP contribution in [0, 0.1) is 0 Å². The van der Waals surface area contributed by atoms with Gasteiger partial charge in [-0.3, -0.25) is 23.4 Å². The Morgan fingerprint density at radius 1 is 0.796 bits per heavy atom. The lowest BCUT2D eigenvalue weighted by Crippen LogP contribution is -2.29. The number of amides is 2. The molecule has 0 radical (unpaired) electrons. The van der Waals surface area contributed by atoms with Gasteiger partial charge in [0.05, 0.1) is 30.2 Å². The van der Waals surface area contributed by atoms with Gasteiger partial charge in [-0.2, -0.15) is 0 Å². The molecule has 0 spiro atoms. The highest BCUT2D eigenvalue weighted by molar-refractivity contribution is 7.47. The first-order valence-electron chi connectivity index (χ1n) is 15.9. The molecule has 3 aromatic carbocycles. The molecule has 0 fully saturated rings. The number of carboxylic acids is 1. The molecule has 6 rings (SSSR count). The van der Waals surface area contributed by atoms with E-state index >= 15 is 0 Å². The highest BCUT2D eigenvalue weighted by atomic mass is 35.5. The summed E-state index contributed by atoms with van der Waals surface area (Å²) in [6.07, 6.45) is -0.280. The monoisotopic (exact) mass is 778 g/mol.